The number of carbonyl (C=O) groups excluding carboxylic acids is 2. The number of ether oxygens (including phenoxy) is 3. The molecular weight excluding hydrogens is 452 g/mol. The van der Waals surface area contributed by atoms with E-state index in [1.807, 2.05) is 0 Å². The zero-order chi connectivity index (χ0) is 25.0. The van der Waals surface area contributed by atoms with Crippen molar-refractivity contribution >= 4 is 11.8 Å². The lowest BCUT2D eigenvalue weighted by molar-refractivity contribution is -0.278. The predicted molar refractivity (Wildman–Crippen MR) is 114 cm³/mol. The maximum absolute atomic E-state index is 12.9. The zero-order valence-corrected chi connectivity index (χ0v) is 18.2. The molecule has 11 nitrogen and oxygen atoms in total. The van der Waals surface area contributed by atoms with E-state index >= 15 is 0 Å². The predicted octanol–water partition coefficient (Wildman–Crippen LogP) is 0.368. The van der Waals surface area contributed by atoms with Gasteiger partial charge >= 0.3 is 5.97 Å². The number of esters is 1. The number of phenols is 3. The Morgan fingerprint density at radius 3 is 2.26 bits per heavy atom. The molecule has 1 heterocycles. The third-order valence-corrected chi connectivity index (χ3v) is 5.28. The van der Waals surface area contributed by atoms with Gasteiger partial charge in [-0.25, -0.2) is 0 Å². The van der Waals surface area contributed by atoms with Crippen LogP contribution in [0, 0.1) is 0 Å². The average Bonchev–Trinajstić information content (AvgIpc) is 2.77. The summed E-state index contributed by atoms with van der Waals surface area (Å²) in [6, 6.07) is 8.20. The van der Waals surface area contributed by atoms with Crippen LogP contribution in [0.1, 0.15) is 29.3 Å². The number of aromatic hydroxyl groups is 3. The molecular formula is C23H26O11. The Labute approximate surface area is 194 Å². The van der Waals surface area contributed by atoms with E-state index in [4.69, 9.17) is 14.2 Å². The van der Waals surface area contributed by atoms with Crippen molar-refractivity contribution < 1.29 is 54.4 Å². The highest BCUT2D eigenvalue weighted by atomic mass is 16.7. The molecule has 0 unspecified atom stereocenters. The Kier molecular flexibility index (Phi) is 7.94. The molecule has 1 fully saturated rings. The molecule has 1 saturated heterocycles. The topological polar surface area (TPSA) is 183 Å². The van der Waals surface area contributed by atoms with Crippen LogP contribution in [0.25, 0.3) is 0 Å². The van der Waals surface area contributed by atoms with E-state index in [0.29, 0.717) is 0 Å². The minimum absolute atomic E-state index is 0.0655. The summed E-state index contributed by atoms with van der Waals surface area (Å²) in [6.07, 6.45) is -7.79. The summed E-state index contributed by atoms with van der Waals surface area (Å²) in [5, 5.41) is 60.2. The first-order chi connectivity index (χ1) is 16.1. The van der Waals surface area contributed by atoms with Crippen LogP contribution in [0.2, 0.25) is 0 Å². The first-order valence-corrected chi connectivity index (χ1v) is 10.4. The molecule has 0 spiro atoms. The molecule has 0 bridgehead atoms. The molecule has 0 amide bonds. The number of Topliss-reactive ketones (excluding diaryl/α,β-unsaturated/α-hetero) is 1. The van der Waals surface area contributed by atoms with E-state index in [-0.39, 0.29) is 29.9 Å². The number of aliphatic hydroxyl groups excluding tert-OH is 3. The second-order valence-electron chi connectivity index (χ2n) is 7.86. The smallest absolute Gasteiger partial charge is 0.302 e. The summed E-state index contributed by atoms with van der Waals surface area (Å²) >= 11 is 0. The number of aryl methyl sites for hydroxylation is 1. The fourth-order valence-electron chi connectivity index (χ4n) is 3.48. The maximum atomic E-state index is 12.9. The molecule has 34 heavy (non-hydrogen) atoms. The van der Waals surface area contributed by atoms with E-state index in [0.717, 1.165) is 24.6 Å². The summed E-state index contributed by atoms with van der Waals surface area (Å²) in [6.45, 7) is 0.698. The van der Waals surface area contributed by atoms with Crippen molar-refractivity contribution in [2.75, 3.05) is 6.61 Å². The third-order valence-electron chi connectivity index (χ3n) is 5.28. The lowest BCUT2D eigenvalue weighted by atomic mass is 9.98. The van der Waals surface area contributed by atoms with Crippen molar-refractivity contribution in [3.05, 3.63) is 47.5 Å². The van der Waals surface area contributed by atoms with Crippen LogP contribution in [0.4, 0.5) is 0 Å². The van der Waals surface area contributed by atoms with Crippen LogP contribution in [-0.2, 0) is 20.7 Å². The van der Waals surface area contributed by atoms with Gasteiger partial charge in [-0.1, -0.05) is 12.1 Å². The number of hydrogen-bond acceptors (Lipinski definition) is 11. The van der Waals surface area contributed by atoms with Crippen molar-refractivity contribution in [2.24, 2.45) is 0 Å². The van der Waals surface area contributed by atoms with Gasteiger partial charge in [0.15, 0.2) is 5.78 Å². The van der Waals surface area contributed by atoms with Crippen molar-refractivity contribution in [1.82, 2.24) is 0 Å². The molecule has 0 saturated carbocycles. The first kappa shape index (κ1) is 25.2. The zero-order valence-electron chi connectivity index (χ0n) is 18.2. The Morgan fingerprint density at radius 1 is 0.941 bits per heavy atom. The van der Waals surface area contributed by atoms with E-state index in [1.54, 1.807) is 12.1 Å². The van der Waals surface area contributed by atoms with Gasteiger partial charge in [-0.15, -0.1) is 0 Å². The monoisotopic (exact) mass is 478 g/mol. The molecule has 3 rings (SSSR count). The second-order valence-corrected chi connectivity index (χ2v) is 7.86. The normalized spacial score (nSPS) is 24.4. The molecule has 2 aromatic carbocycles. The lowest BCUT2D eigenvalue weighted by Gasteiger charge is -2.40. The van der Waals surface area contributed by atoms with Gasteiger partial charge in [-0.05, 0) is 24.1 Å². The van der Waals surface area contributed by atoms with Crippen LogP contribution in [0.3, 0.4) is 0 Å². The standard InChI is InChI=1S/C23H26O11/c1-11(24)32-10-18-20(29)21(30)22(31)23(34-18)33-17-9-14(26)8-16(28)19(17)15(27)7-4-12-2-5-13(25)6-3-12/h2-3,5-6,8-9,18,20-23,25-26,28-31H,4,7,10H2,1H3/t18-,20-,21+,22-,23-/m1/s1. The maximum Gasteiger partial charge on any atom is 0.302 e. The molecule has 0 aromatic heterocycles. The second kappa shape index (κ2) is 10.7. The van der Waals surface area contributed by atoms with Gasteiger partial charge in [0.05, 0.1) is 0 Å². The molecule has 11 heteroatoms. The number of benzene rings is 2. The molecule has 2 aromatic rings. The van der Waals surface area contributed by atoms with Crippen molar-refractivity contribution in [3.63, 3.8) is 0 Å². The number of rotatable bonds is 8. The summed E-state index contributed by atoms with van der Waals surface area (Å²) in [5.74, 6) is -2.48. The van der Waals surface area contributed by atoms with Crippen molar-refractivity contribution in [3.8, 4) is 23.0 Å². The van der Waals surface area contributed by atoms with Crippen LogP contribution < -0.4 is 4.74 Å². The van der Waals surface area contributed by atoms with Gasteiger partial charge in [0, 0.05) is 25.5 Å². The molecule has 1 aliphatic heterocycles. The fourth-order valence-corrected chi connectivity index (χ4v) is 3.48. The summed E-state index contributed by atoms with van der Waals surface area (Å²) in [7, 11) is 0. The number of aliphatic hydroxyl groups is 3. The highest BCUT2D eigenvalue weighted by Crippen LogP contribution is 2.36. The van der Waals surface area contributed by atoms with Gasteiger partial charge in [0.1, 0.15) is 59.6 Å². The summed E-state index contributed by atoms with van der Waals surface area (Å²) in [4.78, 5) is 24.0. The van der Waals surface area contributed by atoms with E-state index in [2.05, 4.69) is 0 Å². The summed E-state index contributed by atoms with van der Waals surface area (Å²) in [5.41, 5.74) is 0.466. The molecule has 0 radical (unpaired) electrons. The average molecular weight is 478 g/mol. The van der Waals surface area contributed by atoms with Gasteiger partial charge < -0.3 is 44.8 Å². The fraction of sp³-hybridized carbons (Fsp3) is 0.391. The minimum atomic E-state index is -1.77. The minimum Gasteiger partial charge on any atom is -0.508 e. The van der Waals surface area contributed by atoms with Crippen LogP contribution >= 0.6 is 0 Å². The SMILES string of the molecule is CC(=O)OC[C@H]1O[C@@H](Oc2cc(O)cc(O)c2C(=O)CCc2ccc(O)cc2)[C@H](O)[C@@H](O)[C@@H]1O. The Hall–Kier alpha value is -3.38. The highest BCUT2D eigenvalue weighted by molar-refractivity contribution is 6.01. The lowest BCUT2D eigenvalue weighted by Crippen LogP contribution is -2.60. The highest BCUT2D eigenvalue weighted by Gasteiger charge is 2.45. The van der Waals surface area contributed by atoms with Crippen molar-refractivity contribution in [2.45, 2.75) is 50.5 Å². The van der Waals surface area contributed by atoms with Gasteiger partial charge in [0.2, 0.25) is 6.29 Å². The number of carbonyl (C=O) groups is 2. The van der Waals surface area contributed by atoms with E-state index in [1.165, 1.54) is 12.1 Å². The Balaban J connectivity index is 1.80. The molecule has 5 atom stereocenters. The van der Waals surface area contributed by atoms with Gasteiger partial charge in [0.25, 0.3) is 0 Å². The Bertz CT molecular complexity index is 1020. The van der Waals surface area contributed by atoms with Gasteiger partial charge in [-0.2, -0.15) is 0 Å². The van der Waals surface area contributed by atoms with Gasteiger partial charge in [-0.3, -0.25) is 9.59 Å². The number of phenolic OH excluding ortho intramolecular Hbond substituents is 3. The van der Waals surface area contributed by atoms with E-state index < -0.39 is 60.6 Å². The molecule has 6 N–H and O–H groups in total. The molecule has 0 aliphatic carbocycles. The molecule has 184 valence electrons. The quantitative estimate of drug-likeness (QED) is 0.228. The number of hydrogen-bond donors (Lipinski definition) is 6. The van der Waals surface area contributed by atoms with E-state index in [9.17, 15) is 40.2 Å². The number of ketones is 1. The van der Waals surface area contributed by atoms with Crippen LogP contribution in [0.5, 0.6) is 23.0 Å². The summed E-state index contributed by atoms with van der Waals surface area (Å²) < 4.78 is 15.8. The molecule has 1 aliphatic rings. The first-order valence-electron chi connectivity index (χ1n) is 10.4. The Morgan fingerprint density at radius 2 is 1.62 bits per heavy atom. The third kappa shape index (κ3) is 5.94. The van der Waals surface area contributed by atoms with Crippen molar-refractivity contribution in [1.29, 1.82) is 0 Å². The van der Waals surface area contributed by atoms with Crippen LogP contribution in [-0.4, -0.2) is 79.7 Å². The van der Waals surface area contributed by atoms with Crippen LogP contribution in [0.15, 0.2) is 36.4 Å². The largest absolute Gasteiger partial charge is 0.508 e.